The van der Waals surface area contributed by atoms with Gasteiger partial charge >= 0.3 is 0 Å². The zero-order chi connectivity index (χ0) is 16.1. The van der Waals surface area contributed by atoms with Crippen molar-refractivity contribution in [3.05, 3.63) is 65.9 Å². The van der Waals surface area contributed by atoms with Crippen molar-refractivity contribution in [1.29, 1.82) is 0 Å². The predicted octanol–water partition coefficient (Wildman–Crippen LogP) is 3.25. The molecule has 1 fully saturated rings. The summed E-state index contributed by atoms with van der Waals surface area (Å²) >= 11 is 0. The number of aromatic nitrogens is 1. The van der Waals surface area contributed by atoms with E-state index in [1.165, 1.54) is 5.56 Å². The molecule has 4 nitrogen and oxygen atoms in total. The van der Waals surface area contributed by atoms with Crippen LogP contribution in [0, 0.1) is 5.41 Å². The lowest BCUT2D eigenvalue weighted by Crippen LogP contribution is -2.62. The van der Waals surface area contributed by atoms with Gasteiger partial charge in [0.1, 0.15) is 5.75 Å². The standard InChI is InChI=1S/C20H18N2O2/c23-19(15-6-5-14-7-8-21-17(14)9-15)22-11-20(12-22)10-16-3-1-2-4-18(16)24-13-20/h1-9,21H,10-13H2. The van der Waals surface area contributed by atoms with E-state index in [1.807, 2.05) is 53.6 Å². The number of carbonyl (C=O) groups excluding carboxylic acids is 1. The first-order valence-corrected chi connectivity index (χ1v) is 8.30. The topological polar surface area (TPSA) is 45.3 Å². The first-order valence-electron chi connectivity index (χ1n) is 8.30. The van der Waals surface area contributed by atoms with Crippen molar-refractivity contribution in [2.75, 3.05) is 19.7 Å². The van der Waals surface area contributed by atoms with Gasteiger partial charge in [-0.15, -0.1) is 0 Å². The third-order valence-corrected chi connectivity index (χ3v) is 5.21. The van der Waals surface area contributed by atoms with Gasteiger partial charge in [-0.2, -0.15) is 0 Å². The molecule has 1 aromatic heterocycles. The number of likely N-dealkylation sites (tertiary alicyclic amines) is 1. The highest BCUT2D eigenvalue weighted by atomic mass is 16.5. The average molecular weight is 318 g/mol. The third kappa shape index (κ3) is 2.03. The maximum atomic E-state index is 12.7. The number of rotatable bonds is 1. The second-order valence-electron chi connectivity index (χ2n) is 7.01. The number of carbonyl (C=O) groups is 1. The summed E-state index contributed by atoms with van der Waals surface area (Å²) in [5, 5.41) is 1.13. The first-order chi connectivity index (χ1) is 11.7. The van der Waals surface area contributed by atoms with Gasteiger partial charge in [-0.05, 0) is 41.6 Å². The largest absolute Gasteiger partial charge is 0.493 e. The number of nitrogens with zero attached hydrogens (tertiary/aromatic N) is 1. The SMILES string of the molecule is O=C(c1ccc2cc[nH]c2c1)N1CC2(COc3ccccc3C2)C1. The van der Waals surface area contributed by atoms with Crippen LogP contribution in [0.4, 0.5) is 0 Å². The lowest BCUT2D eigenvalue weighted by Gasteiger charge is -2.51. The maximum absolute atomic E-state index is 12.7. The van der Waals surface area contributed by atoms with Crippen LogP contribution in [0.1, 0.15) is 15.9 Å². The zero-order valence-electron chi connectivity index (χ0n) is 13.3. The molecule has 0 unspecified atom stereocenters. The Morgan fingerprint density at radius 2 is 2.00 bits per heavy atom. The fourth-order valence-electron chi connectivity index (χ4n) is 3.95. The lowest BCUT2D eigenvalue weighted by molar-refractivity contribution is -0.0290. The van der Waals surface area contributed by atoms with E-state index in [4.69, 9.17) is 4.74 Å². The first kappa shape index (κ1) is 13.7. The van der Waals surface area contributed by atoms with E-state index in [2.05, 4.69) is 11.1 Å². The van der Waals surface area contributed by atoms with Gasteiger partial charge in [-0.3, -0.25) is 4.79 Å². The number of H-pyrrole nitrogens is 1. The molecule has 5 rings (SSSR count). The molecule has 3 heterocycles. The number of amides is 1. The average Bonchev–Trinajstić information content (AvgIpc) is 3.06. The number of aromatic amines is 1. The van der Waals surface area contributed by atoms with E-state index in [-0.39, 0.29) is 11.3 Å². The van der Waals surface area contributed by atoms with E-state index in [0.717, 1.165) is 41.7 Å². The van der Waals surface area contributed by atoms with Gasteiger partial charge in [0.2, 0.25) is 0 Å². The third-order valence-electron chi connectivity index (χ3n) is 5.21. The molecule has 0 atom stereocenters. The molecule has 2 aromatic carbocycles. The van der Waals surface area contributed by atoms with Crippen molar-refractivity contribution in [3.63, 3.8) is 0 Å². The molecule has 4 heteroatoms. The second kappa shape index (κ2) is 4.87. The molecule has 2 aliphatic heterocycles. The van der Waals surface area contributed by atoms with Crippen LogP contribution in [-0.2, 0) is 6.42 Å². The lowest BCUT2D eigenvalue weighted by atomic mass is 9.73. The summed E-state index contributed by atoms with van der Waals surface area (Å²) in [5.41, 5.74) is 3.09. The molecule has 1 amide bonds. The fourth-order valence-corrected chi connectivity index (χ4v) is 3.95. The second-order valence-corrected chi connectivity index (χ2v) is 7.01. The normalized spacial score (nSPS) is 18.1. The Labute approximate surface area is 140 Å². The summed E-state index contributed by atoms with van der Waals surface area (Å²) in [6, 6.07) is 16.1. The van der Waals surface area contributed by atoms with Crippen LogP contribution < -0.4 is 4.74 Å². The molecule has 120 valence electrons. The van der Waals surface area contributed by atoms with E-state index in [9.17, 15) is 4.79 Å². The molecule has 0 saturated carbocycles. The van der Waals surface area contributed by atoms with Crippen molar-refractivity contribution in [2.24, 2.45) is 5.41 Å². The Morgan fingerprint density at radius 1 is 1.12 bits per heavy atom. The molecule has 0 bridgehead atoms. The van der Waals surface area contributed by atoms with Gasteiger partial charge in [0.25, 0.3) is 5.91 Å². The van der Waals surface area contributed by atoms with Crippen LogP contribution in [-0.4, -0.2) is 35.5 Å². The van der Waals surface area contributed by atoms with Crippen LogP contribution in [0.5, 0.6) is 5.75 Å². The van der Waals surface area contributed by atoms with Gasteiger partial charge in [-0.1, -0.05) is 24.3 Å². The summed E-state index contributed by atoms with van der Waals surface area (Å²) in [4.78, 5) is 17.8. The number of para-hydroxylation sites is 1. The van der Waals surface area contributed by atoms with Gasteiger partial charge in [-0.25, -0.2) is 0 Å². The van der Waals surface area contributed by atoms with E-state index < -0.39 is 0 Å². The maximum Gasteiger partial charge on any atom is 0.253 e. The van der Waals surface area contributed by atoms with E-state index in [0.29, 0.717) is 6.61 Å². The molecule has 0 aliphatic carbocycles. The molecule has 24 heavy (non-hydrogen) atoms. The van der Waals surface area contributed by atoms with Crippen molar-refractivity contribution < 1.29 is 9.53 Å². The van der Waals surface area contributed by atoms with Crippen LogP contribution in [0.3, 0.4) is 0 Å². The Balaban J connectivity index is 1.33. The van der Waals surface area contributed by atoms with Gasteiger partial charge in [0, 0.05) is 35.8 Å². The van der Waals surface area contributed by atoms with Crippen molar-refractivity contribution in [2.45, 2.75) is 6.42 Å². The molecular formula is C20H18N2O2. The smallest absolute Gasteiger partial charge is 0.253 e. The molecule has 0 radical (unpaired) electrons. The van der Waals surface area contributed by atoms with Gasteiger partial charge < -0.3 is 14.6 Å². The molecule has 1 saturated heterocycles. The minimum atomic E-state index is 0.0839. The van der Waals surface area contributed by atoms with Crippen LogP contribution in [0.15, 0.2) is 54.7 Å². The number of benzene rings is 2. The minimum absolute atomic E-state index is 0.0839. The van der Waals surface area contributed by atoms with E-state index in [1.54, 1.807) is 0 Å². The van der Waals surface area contributed by atoms with Crippen molar-refractivity contribution in [3.8, 4) is 5.75 Å². The summed E-state index contributed by atoms with van der Waals surface area (Å²) in [5.74, 6) is 1.10. The molecule has 2 aliphatic rings. The van der Waals surface area contributed by atoms with Crippen molar-refractivity contribution in [1.82, 2.24) is 9.88 Å². The van der Waals surface area contributed by atoms with Crippen molar-refractivity contribution >= 4 is 16.8 Å². The molecule has 1 N–H and O–H groups in total. The molecule has 1 spiro atoms. The number of nitrogens with one attached hydrogen (secondary N) is 1. The fraction of sp³-hybridized carbons (Fsp3) is 0.250. The highest BCUT2D eigenvalue weighted by Crippen LogP contribution is 2.41. The van der Waals surface area contributed by atoms with E-state index >= 15 is 0 Å². The quantitative estimate of drug-likeness (QED) is 0.748. The Hall–Kier alpha value is -2.75. The van der Waals surface area contributed by atoms with Gasteiger partial charge in [0.05, 0.1) is 6.61 Å². The summed E-state index contributed by atoms with van der Waals surface area (Å²) in [7, 11) is 0. The van der Waals surface area contributed by atoms with Crippen LogP contribution >= 0.6 is 0 Å². The minimum Gasteiger partial charge on any atom is -0.493 e. The Kier molecular flexibility index (Phi) is 2.77. The van der Waals surface area contributed by atoms with Crippen LogP contribution in [0.2, 0.25) is 0 Å². The number of ether oxygens (including phenoxy) is 1. The summed E-state index contributed by atoms with van der Waals surface area (Å²) < 4.78 is 5.92. The monoisotopic (exact) mass is 318 g/mol. The number of hydrogen-bond acceptors (Lipinski definition) is 2. The molecular weight excluding hydrogens is 300 g/mol. The summed E-state index contributed by atoms with van der Waals surface area (Å²) in [6.07, 6.45) is 2.89. The highest BCUT2D eigenvalue weighted by molar-refractivity contribution is 5.98. The highest BCUT2D eigenvalue weighted by Gasteiger charge is 2.48. The molecule has 3 aromatic rings. The summed E-state index contributed by atoms with van der Waals surface area (Å²) in [6.45, 7) is 2.23. The van der Waals surface area contributed by atoms with Crippen LogP contribution in [0.25, 0.3) is 10.9 Å². The predicted molar refractivity (Wildman–Crippen MR) is 92.3 cm³/mol. The van der Waals surface area contributed by atoms with Gasteiger partial charge in [0.15, 0.2) is 0 Å². The Bertz CT molecular complexity index is 937. The zero-order valence-corrected chi connectivity index (χ0v) is 13.3. The Morgan fingerprint density at radius 3 is 2.92 bits per heavy atom. The number of hydrogen-bond donors (Lipinski definition) is 1. The number of fused-ring (bicyclic) bond motifs is 2.